The van der Waals surface area contributed by atoms with Crippen molar-refractivity contribution < 1.29 is 26.9 Å². The number of quaternary nitrogens is 1. The number of benzene rings is 2. The Morgan fingerprint density at radius 3 is 2.19 bits per heavy atom. The lowest BCUT2D eigenvalue weighted by atomic mass is 10.1. The van der Waals surface area contributed by atoms with Crippen LogP contribution in [0.25, 0.3) is 0 Å². The summed E-state index contributed by atoms with van der Waals surface area (Å²) in [6, 6.07) is 10.3. The molecule has 0 aromatic heterocycles. The average molecular weight is 398 g/mol. The smallest absolute Gasteiger partial charge is 0.246 e. The van der Waals surface area contributed by atoms with Gasteiger partial charge in [0.05, 0.1) is 20.6 Å². The van der Waals surface area contributed by atoms with Gasteiger partial charge in [0.15, 0.2) is 4.90 Å². The number of carbonyl (C=O) groups excluding carboxylic acids is 1. The standard InChI is InChI=1S/C18H21F2N3O3S/c1-23(2)12-14-7-4-3-6-13(14)10-21-17(24)11-22-27(25,26)18-15(19)8-5-9-16(18)20/h3-9,22H,10-12H2,1-2H3,(H,21,24)/p+1. The molecule has 2 aromatic rings. The van der Waals surface area contributed by atoms with E-state index >= 15 is 0 Å². The van der Waals surface area contributed by atoms with Crippen LogP contribution in [0.4, 0.5) is 8.78 Å². The predicted molar refractivity (Wildman–Crippen MR) is 96.3 cm³/mol. The molecule has 0 atom stereocenters. The van der Waals surface area contributed by atoms with E-state index in [1.54, 1.807) is 0 Å². The SMILES string of the molecule is C[NH+](C)Cc1ccccc1CNC(=O)CNS(=O)(=O)c1c(F)cccc1F. The highest BCUT2D eigenvalue weighted by molar-refractivity contribution is 7.89. The maximum absolute atomic E-state index is 13.6. The van der Waals surface area contributed by atoms with Crippen LogP contribution < -0.4 is 14.9 Å². The van der Waals surface area contributed by atoms with Crippen molar-refractivity contribution in [3.63, 3.8) is 0 Å². The lowest BCUT2D eigenvalue weighted by molar-refractivity contribution is -0.872. The van der Waals surface area contributed by atoms with Crippen LogP contribution in [-0.4, -0.2) is 35.0 Å². The molecule has 0 aliphatic rings. The molecule has 0 bridgehead atoms. The van der Waals surface area contributed by atoms with Gasteiger partial charge >= 0.3 is 0 Å². The molecule has 1 amide bonds. The molecule has 0 spiro atoms. The Bertz CT molecular complexity index is 898. The van der Waals surface area contributed by atoms with Gasteiger partial charge in [-0.25, -0.2) is 21.9 Å². The van der Waals surface area contributed by atoms with Gasteiger partial charge in [0.1, 0.15) is 18.2 Å². The zero-order valence-electron chi connectivity index (χ0n) is 15.1. The lowest BCUT2D eigenvalue weighted by Crippen LogP contribution is -3.04. The molecule has 6 nitrogen and oxygen atoms in total. The van der Waals surface area contributed by atoms with Crippen LogP contribution in [0.3, 0.4) is 0 Å². The first-order valence-electron chi connectivity index (χ1n) is 8.27. The molecule has 0 unspecified atom stereocenters. The minimum absolute atomic E-state index is 0.220. The normalized spacial score (nSPS) is 11.6. The van der Waals surface area contributed by atoms with Crippen LogP contribution in [0, 0.1) is 11.6 Å². The number of carbonyl (C=O) groups is 1. The fourth-order valence-electron chi connectivity index (χ4n) is 2.51. The van der Waals surface area contributed by atoms with Gasteiger partial charge in [0, 0.05) is 12.1 Å². The van der Waals surface area contributed by atoms with Crippen molar-refractivity contribution in [1.82, 2.24) is 10.0 Å². The van der Waals surface area contributed by atoms with E-state index in [-0.39, 0.29) is 6.54 Å². The van der Waals surface area contributed by atoms with Crippen molar-refractivity contribution in [2.24, 2.45) is 0 Å². The van der Waals surface area contributed by atoms with Crippen LogP contribution >= 0.6 is 0 Å². The number of hydrogen-bond acceptors (Lipinski definition) is 3. The maximum atomic E-state index is 13.6. The quantitative estimate of drug-likeness (QED) is 0.595. The van der Waals surface area contributed by atoms with Gasteiger partial charge in [0.2, 0.25) is 15.9 Å². The molecule has 2 rings (SSSR count). The van der Waals surface area contributed by atoms with Gasteiger partial charge in [-0.2, -0.15) is 0 Å². The van der Waals surface area contributed by atoms with E-state index in [0.717, 1.165) is 35.9 Å². The van der Waals surface area contributed by atoms with Crippen LogP contribution in [0.5, 0.6) is 0 Å². The van der Waals surface area contributed by atoms with Crippen LogP contribution in [-0.2, 0) is 27.9 Å². The van der Waals surface area contributed by atoms with Gasteiger partial charge in [0.25, 0.3) is 0 Å². The van der Waals surface area contributed by atoms with Crippen LogP contribution in [0.15, 0.2) is 47.4 Å². The number of hydrogen-bond donors (Lipinski definition) is 3. The number of nitrogens with one attached hydrogen (secondary N) is 3. The highest BCUT2D eigenvalue weighted by Crippen LogP contribution is 2.17. The number of rotatable bonds is 8. The van der Waals surface area contributed by atoms with E-state index in [2.05, 4.69) is 5.32 Å². The summed E-state index contributed by atoms with van der Waals surface area (Å²) in [6.45, 7) is 0.362. The second kappa shape index (κ2) is 9.03. The average Bonchev–Trinajstić information content (AvgIpc) is 2.58. The zero-order valence-corrected chi connectivity index (χ0v) is 15.9. The molecule has 0 fully saturated rings. The van der Waals surface area contributed by atoms with Crippen molar-refractivity contribution in [2.75, 3.05) is 20.6 Å². The first-order valence-corrected chi connectivity index (χ1v) is 9.75. The highest BCUT2D eigenvalue weighted by atomic mass is 32.2. The largest absolute Gasteiger partial charge is 0.351 e. The van der Waals surface area contributed by atoms with Crippen molar-refractivity contribution >= 4 is 15.9 Å². The molecular formula is C18H22F2N3O3S+. The van der Waals surface area contributed by atoms with Crippen molar-refractivity contribution in [3.05, 3.63) is 65.2 Å². The zero-order chi connectivity index (χ0) is 20.0. The van der Waals surface area contributed by atoms with Crippen molar-refractivity contribution in [2.45, 2.75) is 18.0 Å². The molecular weight excluding hydrogens is 376 g/mol. The molecule has 27 heavy (non-hydrogen) atoms. The van der Waals surface area contributed by atoms with E-state index < -0.39 is 39.0 Å². The number of sulfonamides is 1. The Balaban J connectivity index is 1.97. The summed E-state index contributed by atoms with van der Waals surface area (Å²) < 4.78 is 53.3. The minimum atomic E-state index is -4.49. The summed E-state index contributed by atoms with van der Waals surface area (Å²) in [5.41, 5.74) is 1.97. The predicted octanol–water partition coefficient (Wildman–Crippen LogP) is 0.204. The third-order valence-electron chi connectivity index (χ3n) is 3.75. The minimum Gasteiger partial charge on any atom is -0.351 e. The van der Waals surface area contributed by atoms with Gasteiger partial charge in [-0.1, -0.05) is 30.3 Å². The second-order valence-electron chi connectivity index (χ2n) is 6.30. The summed E-state index contributed by atoms with van der Waals surface area (Å²) in [6.07, 6.45) is 0. The molecule has 9 heteroatoms. The fraction of sp³-hybridized carbons (Fsp3) is 0.278. The van der Waals surface area contributed by atoms with E-state index in [9.17, 15) is 22.0 Å². The third-order valence-corrected chi connectivity index (χ3v) is 5.20. The lowest BCUT2D eigenvalue weighted by Gasteiger charge is -2.13. The molecule has 146 valence electrons. The Morgan fingerprint density at radius 2 is 1.59 bits per heavy atom. The molecule has 0 aliphatic heterocycles. The summed E-state index contributed by atoms with van der Waals surface area (Å²) in [7, 11) is -0.476. The Hall–Kier alpha value is -2.36. The fourth-order valence-corrected chi connectivity index (χ4v) is 3.63. The van der Waals surface area contributed by atoms with Gasteiger partial charge < -0.3 is 10.2 Å². The van der Waals surface area contributed by atoms with E-state index in [1.165, 1.54) is 4.90 Å². The second-order valence-corrected chi connectivity index (χ2v) is 8.01. The van der Waals surface area contributed by atoms with Gasteiger partial charge in [-0.3, -0.25) is 4.79 Å². The third kappa shape index (κ3) is 5.81. The molecule has 0 saturated carbocycles. The first kappa shape index (κ1) is 20.9. The van der Waals surface area contributed by atoms with Crippen LogP contribution in [0.1, 0.15) is 11.1 Å². The molecule has 0 aliphatic carbocycles. The summed E-state index contributed by atoms with van der Waals surface area (Å²) >= 11 is 0. The first-order chi connectivity index (χ1) is 12.7. The van der Waals surface area contributed by atoms with E-state index in [1.807, 2.05) is 43.1 Å². The van der Waals surface area contributed by atoms with Crippen LogP contribution in [0.2, 0.25) is 0 Å². The van der Waals surface area contributed by atoms with Crippen molar-refractivity contribution in [3.8, 4) is 0 Å². The highest BCUT2D eigenvalue weighted by Gasteiger charge is 2.24. The topological polar surface area (TPSA) is 79.7 Å². The monoisotopic (exact) mass is 398 g/mol. The molecule has 0 radical (unpaired) electrons. The van der Waals surface area contributed by atoms with Crippen molar-refractivity contribution in [1.29, 1.82) is 0 Å². The summed E-state index contributed by atoms with van der Waals surface area (Å²) in [5.74, 6) is -3.05. The Kier molecular flexibility index (Phi) is 7.00. The number of amides is 1. The van der Waals surface area contributed by atoms with Gasteiger partial charge in [-0.15, -0.1) is 0 Å². The van der Waals surface area contributed by atoms with E-state index in [4.69, 9.17) is 0 Å². The maximum Gasteiger partial charge on any atom is 0.246 e. The molecule has 0 heterocycles. The Labute approximate surface area is 157 Å². The molecule has 3 N–H and O–H groups in total. The van der Waals surface area contributed by atoms with Gasteiger partial charge in [-0.05, 0) is 17.7 Å². The molecule has 2 aromatic carbocycles. The molecule has 0 saturated heterocycles. The summed E-state index contributed by atoms with van der Waals surface area (Å²) in [5, 5.41) is 2.60. The summed E-state index contributed by atoms with van der Waals surface area (Å²) in [4.78, 5) is 12.1. The Morgan fingerprint density at radius 1 is 1.00 bits per heavy atom. The number of halogens is 2. The van der Waals surface area contributed by atoms with E-state index in [0.29, 0.717) is 0 Å².